The Labute approximate surface area is 173 Å². The molecule has 0 saturated heterocycles. The maximum Gasteiger partial charge on any atom is 0.0721 e. The molecule has 0 spiro atoms. The van der Waals surface area contributed by atoms with Gasteiger partial charge in [-0.15, -0.1) is 0 Å². The lowest BCUT2D eigenvalue weighted by Gasteiger charge is -2.09. The van der Waals surface area contributed by atoms with Crippen LogP contribution in [0.25, 0.3) is 0 Å². The van der Waals surface area contributed by atoms with Gasteiger partial charge in [-0.1, -0.05) is 109 Å². The predicted molar refractivity (Wildman–Crippen MR) is 120 cm³/mol. The average molecular weight is 379 g/mol. The summed E-state index contributed by atoms with van der Waals surface area (Å²) in [6.07, 6.45) is 1.91. The molecular formula is C28H26O. The number of hydrogen-bond donors (Lipinski definition) is 0. The molecule has 0 bridgehead atoms. The molecule has 144 valence electrons. The Bertz CT molecular complexity index is 937. The van der Waals surface area contributed by atoms with Gasteiger partial charge in [0, 0.05) is 0 Å². The van der Waals surface area contributed by atoms with Crippen molar-refractivity contribution in [3.8, 4) is 0 Å². The molecule has 0 N–H and O–H groups in total. The highest BCUT2D eigenvalue weighted by atomic mass is 16.5. The lowest BCUT2D eigenvalue weighted by Crippen LogP contribution is -1.97. The number of benzene rings is 4. The monoisotopic (exact) mass is 378 g/mol. The molecule has 4 rings (SSSR count). The second-order valence-corrected chi connectivity index (χ2v) is 7.46. The minimum absolute atomic E-state index is 0.630. The summed E-state index contributed by atoms with van der Waals surface area (Å²) >= 11 is 0. The fraction of sp³-hybridized carbons (Fsp3) is 0.143. The molecule has 1 heteroatoms. The van der Waals surface area contributed by atoms with Crippen LogP contribution < -0.4 is 0 Å². The number of hydrogen-bond acceptors (Lipinski definition) is 1. The third-order valence-electron chi connectivity index (χ3n) is 5.02. The number of ether oxygens (including phenoxy) is 1. The Hall–Kier alpha value is -3.16. The summed E-state index contributed by atoms with van der Waals surface area (Å²) in [5.41, 5.74) is 7.75. The topological polar surface area (TPSA) is 9.23 Å². The highest BCUT2D eigenvalue weighted by molar-refractivity contribution is 5.30. The first-order valence-electron chi connectivity index (χ1n) is 10.2. The molecule has 4 aromatic carbocycles. The Balaban J connectivity index is 1.32. The Kier molecular flexibility index (Phi) is 6.52. The van der Waals surface area contributed by atoms with Gasteiger partial charge in [0.1, 0.15) is 0 Å². The van der Waals surface area contributed by atoms with Crippen LogP contribution >= 0.6 is 0 Å². The largest absolute Gasteiger partial charge is 0.372 e. The van der Waals surface area contributed by atoms with Gasteiger partial charge in [0.25, 0.3) is 0 Å². The van der Waals surface area contributed by atoms with E-state index in [4.69, 9.17) is 4.74 Å². The normalized spacial score (nSPS) is 10.8. The van der Waals surface area contributed by atoms with Gasteiger partial charge in [0.15, 0.2) is 0 Å². The van der Waals surface area contributed by atoms with Crippen molar-refractivity contribution in [1.29, 1.82) is 0 Å². The maximum absolute atomic E-state index is 6.02. The molecule has 0 fully saturated rings. The summed E-state index contributed by atoms with van der Waals surface area (Å²) in [6.45, 7) is 1.26. The highest BCUT2D eigenvalue weighted by Gasteiger charge is 2.01. The van der Waals surface area contributed by atoms with E-state index in [1.165, 1.54) is 33.4 Å². The molecule has 0 unspecified atom stereocenters. The van der Waals surface area contributed by atoms with E-state index < -0.39 is 0 Å². The molecule has 0 radical (unpaired) electrons. The van der Waals surface area contributed by atoms with Crippen molar-refractivity contribution >= 4 is 0 Å². The zero-order valence-corrected chi connectivity index (χ0v) is 16.6. The van der Waals surface area contributed by atoms with Crippen molar-refractivity contribution in [2.75, 3.05) is 0 Å². The third kappa shape index (κ3) is 5.91. The van der Waals surface area contributed by atoms with Gasteiger partial charge in [0.2, 0.25) is 0 Å². The molecule has 0 aromatic heterocycles. The average Bonchev–Trinajstić information content (AvgIpc) is 2.76. The van der Waals surface area contributed by atoms with Gasteiger partial charge >= 0.3 is 0 Å². The van der Waals surface area contributed by atoms with Crippen molar-refractivity contribution in [1.82, 2.24) is 0 Å². The van der Waals surface area contributed by atoms with Crippen molar-refractivity contribution in [3.63, 3.8) is 0 Å². The predicted octanol–water partition coefficient (Wildman–Crippen LogP) is 6.59. The fourth-order valence-corrected chi connectivity index (χ4v) is 3.61. The van der Waals surface area contributed by atoms with Crippen LogP contribution in [0.3, 0.4) is 0 Å². The van der Waals surface area contributed by atoms with E-state index in [9.17, 15) is 0 Å². The van der Waals surface area contributed by atoms with Gasteiger partial charge in [0.05, 0.1) is 13.2 Å². The summed E-state index contributed by atoms with van der Waals surface area (Å²) in [6, 6.07) is 38.6. The SMILES string of the molecule is c1ccc(Cc2cccc(COCc3cccc(Cc4ccccc4)c3)c2)cc1. The molecule has 0 saturated carbocycles. The van der Waals surface area contributed by atoms with E-state index in [0.717, 1.165) is 12.8 Å². The second kappa shape index (κ2) is 9.86. The van der Waals surface area contributed by atoms with E-state index in [1.807, 2.05) is 0 Å². The van der Waals surface area contributed by atoms with Gasteiger partial charge in [-0.3, -0.25) is 0 Å². The lowest BCUT2D eigenvalue weighted by molar-refractivity contribution is 0.107. The van der Waals surface area contributed by atoms with E-state index in [-0.39, 0.29) is 0 Å². The third-order valence-corrected chi connectivity index (χ3v) is 5.02. The minimum Gasteiger partial charge on any atom is -0.372 e. The van der Waals surface area contributed by atoms with E-state index in [1.54, 1.807) is 0 Å². The molecule has 4 aromatic rings. The maximum atomic E-state index is 6.02. The second-order valence-electron chi connectivity index (χ2n) is 7.46. The summed E-state index contributed by atoms with van der Waals surface area (Å²) in [4.78, 5) is 0. The molecule has 0 aliphatic heterocycles. The molecule has 1 nitrogen and oxygen atoms in total. The van der Waals surface area contributed by atoms with Crippen molar-refractivity contribution in [3.05, 3.63) is 143 Å². The molecular weight excluding hydrogens is 352 g/mol. The summed E-state index contributed by atoms with van der Waals surface area (Å²) in [7, 11) is 0. The van der Waals surface area contributed by atoms with Gasteiger partial charge in [-0.05, 0) is 46.2 Å². The number of rotatable bonds is 8. The van der Waals surface area contributed by atoms with Crippen LogP contribution in [-0.4, -0.2) is 0 Å². The van der Waals surface area contributed by atoms with Crippen molar-refractivity contribution in [2.24, 2.45) is 0 Å². The standard InChI is InChI=1S/C28H26O/c1-3-9-23(10-4-1)17-25-13-7-15-27(19-25)21-29-22-28-16-8-14-26(20-28)18-24-11-5-2-6-12-24/h1-16,19-20H,17-18,21-22H2. The Morgan fingerprint density at radius 3 is 1.21 bits per heavy atom. The summed E-state index contributed by atoms with van der Waals surface area (Å²) < 4.78 is 6.02. The van der Waals surface area contributed by atoms with Crippen molar-refractivity contribution in [2.45, 2.75) is 26.1 Å². The van der Waals surface area contributed by atoms with Crippen LogP contribution in [0.4, 0.5) is 0 Å². The van der Waals surface area contributed by atoms with E-state index in [0.29, 0.717) is 13.2 Å². The molecule has 0 aliphatic rings. The van der Waals surface area contributed by atoms with E-state index in [2.05, 4.69) is 109 Å². The summed E-state index contributed by atoms with van der Waals surface area (Å²) in [5, 5.41) is 0. The van der Waals surface area contributed by atoms with Crippen LogP contribution in [0.1, 0.15) is 33.4 Å². The first-order valence-corrected chi connectivity index (χ1v) is 10.2. The molecule has 0 aliphatic carbocycles. The van der Waals surface area contributed by atoms with Crippen LogP contribution in [0.2, 0.25) is 0 Å². The van der Waals surface area contributed by atoms with Gasteiger partial charge < -0.3 is 4.74 Å². The van der Waals surface area contributed by atoms with Crippen LogP contribution in [0, 0.1) is 0 Å². The first-order chi connectivity index (χ1) is 14.3. The van der Waals surface area contributed by atoms with Crippen molar-refractivity contribution < 1.29 is 4.74 Å². The van der Waals surface area contributed by atoms with Crippen LogP contribution in [-0.2, 0) is 30.8 Å². The molecule has 0 atom stereocenters. The summed E-state index contributed by atoms with van der Waals surface area (Å²) in [5.74, 6) is 0. The highest BCUT2D eigenvalue weighted by Crippen LogP contribution is 2.15. The van der Waals surface area contributed by atoms with Crippen LogP contribution in [0.15, 0.2) is 109 Å². The molecule has 0 amide bonds. The zero-order valence-electron chi connectivity index (χ0n) is 16.6. The quantitative estimate of drug-likeness (QED) is 0.336. The zero-order chi connectivity index (χ0) is 19.7. The molecule has 29 heavy (non-hydrogen) atoms. The Morgan fingerprint density at radius 2 is 0.759 bits per heavy atom. The minimum atomic E-state index is 0.630. The Morgan fingerprint density at radius 1 is 0.379 bits per heavy atom. The van der Waals surface area contributed by atoms with Gasteiger partial charge in [-0.25, -0.2) is 0 Å². The lowest BCUT2D eigenvalue weighted by atomic mass is 10.0. The van der Waals surface area contributed by atoms with Gasteiger partial charge in [-0.2, -0.15) is 0 Å². The smallest absolute Gasteiger partial charge is 0.0721 e. The van der Waals surface area contributed by atoms with E-state index >= 15 is 0 Å². The first kappa shape index (κ1) is 19.2. The fourth-order valence-electron chi connectivity index (χ4n) is 3.61. The molecule has 0 heterocycles. The van der Waals surface area contributed by atoms with Crippen LogP contribution in [0.5, 0.6) is 0 Å².